The summed E-state index contributed by atoms with van der Waals surface area (Å²) in [6.45, 7) is 22.6. The lowest BCUT2D eigenvalue weighted by molar-refractivity contribution is -0.135. The topological polar surface area (TPSA) is 166 Å². The SMILES string of the molecule is C#CC.C=CC.CC1CCCC1.CC1CCCO1.CC1CCO1.CC1CO1.CC1COC1.CN.CN1C(=O)C=CC1=O.CN=C=O.CN=C=S.CO.CS. The van der Waals surface area contributed by atoms with Crippen LogP contribution in [0.2, 0.25) is 0 Å². The number of thiocarbonyl (C=S) groups is 1. The van der Waals surface area contributed by atoms with Gasteiger partial charge in [0.1, 0.15) is 0 Å². The first-order valence-corrected chi connectivity index (χ1v) is 19.4. The molecule has 0 aromatic carbocycles. The Labute approximate surface area is 341 Å². The van der Waals surface area contributed by atoms with E-state index in [1.54, 1.807) is 26.3 Å². The minimum Gasteiger partial charge on any atom is -0.400 e. The van der Waals surface area contributed by atoms with E-state index in [0.29, 0.717) is 18.3 Å². The van der Waals surface area contributed by atoms with E-state index in [0.717, 1.165) is 56.9 Å². The summed E-state index contributed by atoms with van der Waals surface area (Å²) in [5, 5.41) is 9.14. The first-order valence-electron chi connectivity index (χ1n) is 18.1. The van der Waals surface area contributed by atoms with E-state index in [1.165, 1.54) is 84.3 Å². The number of isothiocyanates is 1. The van der Waals surface area contributed by atoms with Crippen LogP contribution in [0.5, 0.6) is 0 Å². The van der Waals surface area contributed by atoms with Crippen molar-refractivity contribution in [2.45, 2.75) is 112 Å². The van der Waals surface area contributed by atoms with E-state index >= 15 is 0 Å². The van der Waals surface area contributed by atoms with E-state index in [-0.39, 0.29) is 11.8 Å². The normalized spacial score (nSPS) is 19.5. The smallest absolute Gasteiger partial charge is 0.253 e. The highest BCUT2D eigenvalue weighted by molar-refractivity contribution is 7.79. The van der Waals surface area contributed by atoms with Crippen LogP contribution >= 0.6 is 24.8 Å². The van der Waals surface area contributed by atoms with Crippen molar-refractivity contribution in [2.75, 3.05) is 74.6 Å². The zero-order valence-corrected chi connectivity index (χ0v) is 37.7. The number of carbonyl (C=O) groups is 2. The number of rotatable bonds is 0. The van der Waals surface area contributed by atoms with Crippen LogP contribution in [0.15, 0.2) is 34.8 Å². The average molecular weight is 807 g/mol. The van der Waals surface area contributed by atoms with Gasteiger partial charge in [-0.25, -0.2) is 14.8 Å². The van der Waals surface area contributed by atoms with Crippen molar-refractivity contribution in [3.63, 3.8) is 0 Å². The van der Waals surface area contributed by atoms with Gasteiger partial charge in [0.2, 0.25) is 6.08 Å². The van der Waals surface area contributed by atoms with Crippen LogP contribution in [0.25, 0.3) is 0 Å². The fourth-order valence-corrected chi connectivity index (χ4v) is 3.15. The first kappa shape index (κ1) is 66.3. The van der Waals surface area contributed by atoms with Crippen molar-refractivity contribution < 1.29 is 38.4 Å². The van der Waals surface area contributed by atoms with Crippen molar-refractivity contribution in [2.24, 2.45) is 27.6 Å². The molecule has 3 unspecified atom stereocenters. The van der Waals surface area contributed by atoms with E-state index in [4.69, 9.17) is 28.8 Å². The van der Waals surface area contributed by atoms with Gasteiger partial charge in [0, 0.05) is 59.5 Å². The lowest BCUT2D eigenvalue weighted by Gasteiger charge is -2.20. The molecule has 6 aliphatic rings. The van der Waals surface area contributed by atoms with Crippen LogP contribution in [0.3, 0.4) is 0 Å². The number of aliphatic imine (C=N–C) groups is 2. The molecule has 2 amide bonds. The first-order chi connectivity index (χ1) is 25.8. The molecule has 0 aromatic rings. The predicted molar refractivity (Wildman–Crippen MR) is 233 cm³/mol. The molecule has 0 aromatic heterocycles. The Hall–Kier alpha value is -2.53. The van der Waals surface area contributed by atoms with Crippen molar-refractivity contribution in [1.82, 2.24) is 4.90 Å². The number of terminal acetylenes is 1. The molecular formula is C40H78N4O8S2. The molecule has 4 saturated heterocycles. The number of imide groups is 1. The Bertz CT molecular complexity index is 886. The number of carbonyl (C=O) groups excluding carboxylic acids is 3. The summed E-state index contributed by atoms with van der Waals surface area (Å²) in [4.78, 5) is 37.0. The number of nitrogens with two attached hydrogens (primary N) is 1. The highest BCUT2D eigenvalue weighted by Gasteiger charge is 2.17. The van der Waals surface area contributed by atoms with Gasteiger partial charge in [-0.15, -0.1) is 18.9 Å². The summed E-state index contributed by atoms with van der Waals surface area (Å²) in [6, 6.07) is 0. The third-order valence-electron chi connectivity index (χ3n) is 6.24. The number of thiol groups is 1. The van der Waals surface area contributed by atoms with E-state index in [2.05, 4.69) is 99.3 Å². The highest BCUT2D eigenvalue weighted by Crippen LogP contribution is 2.23. The van der Waals surface area contributed by atoms with Gasteiger partial charge in [0.05, 0.1) is 43.3 Å². The fourth-order valence-electron chi connectivity index (χ4n) is 3.15. The minimum atomic E-state index is -0.241. The van der Waals surface area contributed by atoms with Gasteiger partial charge in [-0.3, -0.25) is 14.5 Å². The summed E-state index contributed by atoms with van der Waals surface area (Å²) in [5.41, 5.74) is 4.50. The minimum absolute atomic E-state index is 0.241. The number of hydrogen-bond acceptors (Lipinski definition) is 13. The number of ether oxygens (including phenoxy) is 4. The molecule has 1 saturated carbocycles. The average Bonchev–Trinajstić information content (AvgIpc) is 3.44. The molecule has 54 heavy (non-hydrogen) atoms. The summed E-state index contributed by atoms with van der Waals surface area (Å²) in [5.74, 6) is 3.66. The molecule has 12 nitrogen and oxygen atoms in total. The van der Waals surface area contributed by atoms with Crippen molar-refractivity contribution in [3.05, 3.63) is 24.8 Å². The van der Waals surface area contributed by atoms with E-state index in [1.807, 2.05) is 6.92 Å². The van der Waals surface area contributed by atoms with Crippen LogP contribution in [-0.4, -0.2) is 126 Å². The number of isocyanates is 1. The second kappa shape index (κ2) is 59.7. The predicted octanol–water partition coefficient (Wildman–Crippen LogP) is 7.01. The molecule has 3 atom stereocenters. The third-order valence-corrected chi connectivity index (χ3v) is 6.43. The number of nitrogens with zero attached hydrogens (tertiary/aromatic N) is 3. The molecule has 0 spiro atoms. The van der Waals surface area contributed by atoms with Crippen LogP contribution in [0.4, 0.5) is 0 Å². The number of likely N-dealkylation sites (N-methyl/N-ethyl adjacent to an activating group) is 1. The quantitative estimate of drug-likeness (QED) is 0.0339. The standard InChI is InChI=1S/C6H12.C5H5NO2.C5H10O.2C4H8O.C3H6O.C3H6.C3H4.C2H3NO.C2H3NS.CH5N.CH4O.CH4S/c1-6-4-2-3-5-6;1-6-4(7)2-3-5(6)8;1-5-3-2-4-6-5;1-4-2-5-3-4;1-4-2-3-5-4;1-3-2-4-3;2*1-3-2;2*1-3-2-4;3*1-2/h6H,2-5H2,1H3;2-3H,1H3;5H,2-4H2,1H3;2*4H,2-3H2,1H3;3H,2H2,1H3;3H,1H2,2H3;1H,2H3;2*1H3;2H2,1H3;2*2H,1H3. The summed E-state index contributed by atoms with van der Waals surface area (Å²) >= 11 is 7.66. The molecule has 14 heteroatoms. The maximum atomic E-state index is 10.4. The number of allylic oxidation sites excluding steroid dienone is 1. The molecule has 318 valence electrons. The Morgan fingerprint density at radius 3 is 1.22 bits per heavy atom. The van der Waals surface area contributed by atoms with Crippen LogP contribution in [-0.2, 0) is 33.3 Å². The number of epoxide rings is 1. The van der Waals surface area contributed by atoms with Gasteiger partial charge in [-0.05, 0) is 85.3 Å². The van der Waals surface area contributed by atoms with E-state index in [9.17, 15) is 9.59 Å². The number of aliphatic hydroxyl groups excluding tert-OH is 1. The molecule has 6 rings (SSSR count). The lowest BCUT2D eigenvalue weighted by Crippen LogP contribution is -2.24. The Balaban J connectivity index is -0.0000000906. The van der Waals surface area contributed by atoms with Gasteiger partial charge in [0.25, 0.3) is 11.8 Å². The zero-order chi connectivity index (χ0) is 43.6. The molecule has 0 bridgehead atoms. The van der Waals surface area contributed by atoms with Gasteiger partial charge < -0.3 is 29.8 Å². The van der Waals surface area contributed by atoms with Crippen LogP contribution < -0.4 is 5.73 Å². The van der Waals surface area contributed by atoms with Gasteiger partial charge in [-0.2, -0.15) is 12.6 Å². The maximum Gasteiger partial charge on any atom is 0.253 e. The Kier molecular flexibility index (Phi) is 73.3. The van der Waals surface area contributed by atoms with Crippen LogP contribution in [0, 0.1) is 24.2 Å². The second-order valence-electron chi connectivity index (χ2n) is 11.4. The van der Waals surface area contributed by atoms with Crippen molar-refractivity contribution >= 4 is 47.9 Å². The molecule has 5 fully saturated rings. The van der Waals surface area contributed by atoms with Crippen molar-refractivity contribution in [1.29, 1.82) is 0 Å². The molecule has 1 aliphatic carbocycles. The summed E-state index contributed by atoms with van der Waals surface area (Å²) in [6.07, 6.45) is 23.3. The Morgan fingerprint density at radius 1 is 0.852 bits per heavy atom. The number of aliphatic hydroxyl groups is 1. The maximum absolute atomic E-state index is 10.4. The van der Waals surface area contributed by atoms with Gasteiger partial charge >= 0.3 is 0 Å². The van der Waals surface area contributed by atoms with Crippen molar-refractivity contribution in [3.8, 4) is 12.3 Å². The number of hydrogen-bond donors (Lipinski definition) is 3. The largest absolute Gasteiger partial charge is 0.400 e. The molecule has 3 N–H and O–H groups in total. The van der Waals surface area contributed by atoms with Crippen LogP contribution in [0.1, 0.15) is 93.4 Å². The summed E-state index contributed by atoms with van der Waals surface area (Å²) < 4.78 is 19.6. The summed E-state index contributed by atoms with van der Waals surface area (Å²) in [7, 11) is 6.92. The monoisotopic (exact) mass is 807 g/mol. The second-order valence-corrected chi connectivity index (χ2v) is 11.5. The molecular weight excluding hydrogens is 729 g/mol. The third kappa shape index (κ3) is 67.6. The molecule has 5 aliphatic heterocycles. The zero-order valence-electron chi connectivity index (χ0n) is 36.0. The molecule has 0 radical (unpaired) electrons. The Morgan fingerprint density at radius 2 is 1.17 bits per heavy atom. The van der Waals surface area contributed by atoms with Gasteiger partial charge in [-0.1, -0.05) is 45.6 Å². The van der Waals surface area contributed by atoms with Gasteiger partial charge in [0.15, 0.2) is 0 Å². The fraction of sp³-hybridized carbons (Fsp3) is 0.750. The highest BCUT2D eigenvalue weighted by atomic mass is 32.1. The lowest BCUT2D eigenvalue weighted by atomic mass is 10.2. The number of amides is 2. The van der Waals surface area contributed by atoms with E-state index < -0.39 is 0 Å². The molecule has 5 heterocycles.